The van der Waals surface area contributed by atoms with Crippen molar-refractivity contribution in [1.29, 1.82) is 5.26 Å². The highest BCUT2D eigenvalue weighted by molar-refractivity contribution is 5.79. The van der Waals surface area contributed by atoms with Crippen molar-refractivity contribution in [3.63, 3.8) is 0 Å². The number of nitriles is 1. The number of aromatic nitrogens is 1. The van der Waals surface area contributed by atoms with E-state index in [1.165, 1.54) is 0 Å². The molecule has 0 saturated carbocycles. The van der Waals surface area contributed by atoms with E-state index < -0.39 is 5.91 Å². The lowest BCUT2D eigenvalue weighted by Gasteiger charge is -2.23. The summed E-state index contributed by atoms with van der Waals surface area (Å²) in [5, 5.41) is 8.76. The highest BCUT2D eigenvalue weighted by Crippen LogP contribution is 2.17. The fourth-order valence-electron chi connectivity index (χ4n) is 1.91. The minimum Gasteiger partial charge on any atom is -0.399 e. The van der Waals surface area contributed by atoms with Crippen molar-refractivity contribution in [2.75, 3.05) is 17.2 Å². The van der Waals surface area contributed by atoms with Gasteiger partial charge in [-0.3, -0.25) is 4.79 Å². The summed E-state index contributed by atoms with van der Waals surface area (Å²) in [6.07, 6.45) is 1.55. The number of carbonyl (C=O) groups excluding carboxylic acids is 1. The molecule has 0 unspecified atom stereocenters. The minimum absolute atomic E-state index is 0.0674. The number of rotatable bonds is 5. The fraction of sp³-hybridized carbons (Fsp3) is 0.133. The first-order chi connectivity index (χ1) is 10.1. The number of carbonyl (C=O) groups is 1. The maximum Gasteiger partial charge on any atom is 0.236 e. The van der Waals surface area contributed by atoms with Crippen LogP contribution in [0, 0.1) is 11.3 Å². The number of primary amides is 1. The summed E-state index contributed by atoms with van der Waals surface area (Å²) in [6.45, 7) is 0.564. The molecule has 6 heteroatoms. The van der Waals surface area contributed by atoms with Crippen LogP contribution in [0.1, 0.15) is 11.3 Å². The zero-order valence-corrected chi connectivity index (χ0v) is 11.4. The number of pyridine rings is 1. The van der Waals surface area contributed by atoms with E-state index in [0.29, 0.717) is 17.9 Å². The number of amides is 1. The zero-order valence-electron chi connectivity index (χ0n) is 11.4. The minimum atomic E-state index is -0.435. The van der Waals surface area contributed by atoms with Crippen LogP contribution in [0.5, 0.6) is 0 Å². The van der Waals surface area contributed by atoms with E-state index in [4.69, 9.17) is 16.7 Å². The Bertz CT molecular complexity index is 658. The van der Waals surface area contributed by atoms with Crippen molar-refractivity contribution in [2.45, 2.75) is 6.54 Å². The van der Waals surface area contributed by atoms with Crippen LogP contribution >= 0.6 is 0 Å². The molecule has 2 rings (SSSR count). The normalized spacial score (nSPS) is 9.86. The standard InChI is InChI=1S/C15H15N5O/c16-7-13-5-6-14(8-19-13)20(10-15(18)21)9-11-1-3-12(17)4-2-11/h1-6,8H,9-10,17H2,(H2,18,21). The molecule has 106 valence electrons. The molecule has 0 bridgehead atoms. The van der Waals surface area contributed by atoms with E-state index in [-0.39, 0.29) is 6.54 Å². The Morgan fingerprint density at radius 1 is 1.24 bits per heavy atom. The molecule has 4 N–H and O–H groups in total. The number of nitrogens with two attached hydrogens (primary N) is 2. The first kappa shape index (κ1) is 14.3. The Kier molecular flexibility index (Phi) is 4.36. The van der Waals surface area contributed by atoms with Gasteiger partial charge in [-0.15, -0.1) is 0 Å². The molecular formula is C15H15N5O. The van der Waals surface area contributed by atoms with Crippen LogP contribution in [-0.2, 0) is 11.3 Å². The number of benzene rings is 1. The van der Waals surface area contributed by atoms with Crippen LogP contribution < -0.4 is 16.4 Å². The van der Waals surface area contributed by atoms with Crippen LogP contribution in [0.3, 0.4) is 0 Å². The highest BCUT2D eigenvalue weighted by atomic mass is 16.1. The molecule has 6 nitrogen and oxygen atoms in total. The lowest BCUT2D eigenvalue weighted by atomic mass is 10.2. The molecule has 21 heavy (non-hydrogen) atoms. The second kappa shape index (κ2) is 6.39. The predicted molar refractivity (Wildman–Crippen MR) is 80.1 cm³/mol. The average molecular weight is 281 g/mol. The number of hydrogen-bond donors (Lipinski definition) is 2. The van der Waals surface area contributed by atoms with Crippen molar-refractivity contribution in [1.82, 2.24) is 4.98 Å². The summed E-state index contributed by atoms with van der Waals surface area (Å²) in [4.78, 5) is 17.0. The van der Waals surface area contributed by atoms with Crippen molar-refractivity contribution in [3.8, 4) is 6.07 Å². The largest absolute Gasteiger partial charge is 0.399 e. The van der Waals surface area contributed by atoms with Crippen LogP contribution in [0.15, 0.2) is 42.6 Å². The lowest BCUT2D eigenvalue weighted by molar-refractivity contribution is -0.116. The summed E-state index contributed by atoms with van der Waals surface area (Å²) in [6, 6.07) is 12.7. The third-order valence-corrected chi connectivity index (χ3v) is 2.93. The van der Waals surface area contributed by atoms with E-state index >= 15 is 0 Å². The molecule has 0 aliphatic rings. The number of anilines is 2. The van der Waals surface area contributed by atoms with E-state index in [0.717, 1.165) is 11.3 Å². The Balaban J connectivity index is 2.22. The number of hydrogen-bond acceptors (Lipinski definition) is 5. The van der Waals surface area contributed by atoms with Crippen molar-refractivity contribution in [2.24, 2.45) is 5.73 Å². The van der Waals surface area contributed by atoms with Gasteiger partial charge in [0.1, 0.15) is 11.8 Å². The first-order valence-corrected chi connectivity index (χ1v) is 6.32. The van der Waals surface area contributed by atoms with Gasteiger partial charge in [0, 0.05) is 12.2 Å². The molecule has 1 heterocycles. The van der Waals surface area contributed by atoms with Gasteiger partial charge in [0.25, 0.3) is 0 Å². The van der Waals surface area contributed by atoms with E-state index in [1.54, 1.807) is 35.4 Å². The van der Waals surface area contributed by atoms with Gasteiger partial charge in [-0.25, -0.2) is 4.98 Å². The quantitative estimate of drug-likeness (QED) is 0.795. The summed E-state index contributed by atoms with van der Waals surface area (Å²) >= 11 is 0. The smallest absolute Gasteiger partial charge is 0.236 e. The van der Waals surface area contributed by atoms with Gasteiger partial charge >= 0.3 is 0 Å². The molecule has 1 amide bonds. The van der Waals surface area contributed by atoms with Gasteiger partial charge in [0.05, 0.1) is 18.4 Å². The average Bonchev–Trinajstić information content (AvgIpc) is 2.48. The van der Waals surface area contributed by atoms with Crippen molar-refractivity contribution < 1.29 is 4.79 Å². The van der Waals surface area contributed by atoms with Gasteiger partial charge < -0.3 is 16.4 Å². The highest BCUT2D eigenvalue weighted by Gasteiger charge is 2.11. The van der Waals surface area contributed by atoms with Crippen molar-refractivity contribution >= 4 is 17.3 Å². The molecule has 0 radical (unpaired) electrons. The van der Waals surface area contributed by atoms with Gasteiger partial charge in [-0.2, -0.15) is 5.26 Å². The van der Waals surface area contributed by atoms with Gasteiger partial charge in [0.15, 0.2) is 0 Å². The number of nitrogen functional groups attached to an aromatic ring is 1. The van der Waals surface area contributed by atoms with Gasteiger partial charge in [-0.1, -0.05) is 12.1 Å². The lowest BCUT2D eigenvalue weighted by Crippen LogP contribution is -2.33. The van der Waals surface area contributed by atoms with Crippen molar-refractivity contribution in [3.05, 3.63) is 53.9 Å². The molecule has 0 atom stereocenters. The van der Waals surface area contributed by atoms with Crippen LogP contribution in [-0.4, -0.2) is 17.4 Å². The van der Waals surface area contributed by atoms with E-state index in [1.807, 2.05) is 18.2 Å². The predicted octanol–water partition coefficient (Wildman–Crippen LogP) is 1.03. The van der Waals surface area contributed by atoms with Gasteiger partial charge in [0.2, 0.25) is 5.91 Å². The summed E-state index contributed by atoms with van der Waals surface area (Å²) in [7, 11) is 0. The number of nitrogens with zero attached hydrogens (tertiary/aromatic N) is 3. The molecule has 2 aromatic rings. The Labute approximate surface area is 122 Å². The van der Waals surface area contributed by atoms with Gasteiger partial charge in [-0.05, 0) is 29.8 Å². The Hall–Kier alpha value is -3.07. The van der Waals surface area contributed by atoms with Crippen LogP contribution in [0.4, 0.5) is 11.4 Å². The molecule has 0 aliphatic carbocycles. The SMILES string of the molecule is N#Cc1ccc(N(CC(N)=O)Cc2ccc(N)cc2)cn1. The summed E-state index contributed by atoms with van der Waals surface area (Å²) in [5.74, 6) is -0.435. The Morgan fingerprint density at radius 3 is 2.48 bits per heavy atom. The molecule has 1 aromatic carbocycles. The molecule has 0 saturated heterocycles. The molecule has 1 aromatic heterocycles. The van der Waals surface area contributed by atoms with Crippen LogP contribution in [0.2, 0.25) is 0 Å². The third kappa shape index (κ3) is 3.94. The summed E-state index contributed by atoms with van der Waals surface area (Å²) in [5.41, 5.74) is 13.7. The van der Waals surface area contributed by atoms with Crippen LogP contribution in [0.25, 0.3) is 0 Å². The monoisotopic (exact) mass is 281 g/mol. The molecule has 0 aliphatic heterocycles. The third-order valence-electron chi connectivity index (χ3n) is 2.93. The first-order valence-electron chi connectivity index (χ1n) is 6.32. The maximum atomic E-state index is 11.2. The molecule has 0 fully saturated rings. The summed E-state index contributed by atoms with van der Waals surface area (Å²) < 4.78 is 0. The second-order valence-electron chi connectivity index (χ2n) is 4.58. The molecule has 0 spiro atoms. The second-order valence-corrected chi connectivity index (χ2v) is 4.58. The Morgan fingerprint density at radius 2 is 1.95 bits per heavy atom. The fourth-order valence-corrected chi connectivity index (χ4v) is 1.91. The van der Waals surface area contributed by atoms with E-state index in [2.05, 4.69) is 4.98 Å². The maximum absolute atomic E-state index is 11.2. The molecular weight excluding hydrogens is 266 g/mol. The zero-order chi connectivity index (χ0) is 15.2. The van der Waals surface area contributed by atoms with E-state index in [9.17, 15) is 4.79 Å². The topological polar surface area (TPSA) is 109 Å².